The average molecular weight is 275 g/mol. The molecule has 1 aromatic heterocycles. The molecule has 0 saturated carbocycles. The Morgan fingerprint density at radius 2 is 2.00 bits per heavy atom. The number of para-hydroxylation sites is 1. The number of thiophene rings is 1. The van der Waals surface area contributed by atoms with E-state index in [4.69, 9.17) is 9.47 Å². The minimum atomic E-state index is 0.329. The van der Waals surface area contributed by atoms with E-state index in [1.165, 1.54) is 15.3 Å². The summed E-state index contributed by atoms with van der Waals surface area (Å²) in [6.07, 6.45) is 0. The SMILES string of the molecule is Cc1cc(CNCc2cccc3c2OCO3)c(C)s1. The lowest BCUT2D eigenvalue weighted by Crippen LogP contribution is -2.13. The maximum atomic E-state index is 5.50. The van der Waals surface area contributed by atoms with Gasteiger partial charge in [-0.05, 0) is 31.5 Å². The lowest BCUT2D eigenvalue weighted by Gasteiger charge is -2.07. The van der Waals surface area contributed by atoms with Gasteiger partial charge in [0.1, 0.15) is 0 Å². The molecule has 0 atom stereocenters. The van der Waals surface area contributed by atoms with Gasteiger partial charge in [0.05, 0.1) is 0 Å². The zero-order valence-electron chi connectivity index (χ0n) is 11.2. The number of ether oxygens (including phenoxy) is 2. The second-order valence-corrected chi connectivity index (χ2v) is 6.15. The molecule has 4 heteroatoms. The van der Waals surface area contributed by atoms with Crippen molar-refractivity contribution < 1.29 is 9.47 Å². The lowest BCUT2D eigenvalue weighted by molar-refractivity contribution is 0.173. The van der Waals surface area contributed by atoms with E-state index in [0.717, 1.165) is 30.2 Å². The third-order valence-electron chi connectivity index (χ3n) is 3.25. The topological polar surface area (TPSA) is 30.5 Å². The van der Waals surface area contributed by atoms with Crippen LogP contribution in [0.3, 0.4) is 0 Å². The van der Waals surface area contributed by atoms with E-state index in [1.807, 2.05) is 23.5 Å². The Morgan fingerprint density at radius 1 is 1.16 bits per heavy atom. The van der Waals surface area contributed by atoms with E-state index in [1.54, 1.807) is 0 Å². The van der Waals surface area contributed by atoms with Crippen molar-refractivity contribution >= 4 is 11.3 Å². The van der Waals surface area contributed by atoms with Crippen molar-refractivity contribution in [1.29, 1.82) is 0 Å². The number of rotatable bonds is 4. The Bertz CT molecular complexity index is 592. The van der Waals surface area contributed by atoms with Crippen molar-refractivity contribution in [3.63, 3.8) is 0 Å². The molecule has 0 saturated heterocycles. The minimum Gasteiger partial charge on any atom is -0.454 e. The van der Waals surface area contributed by atoms with Crippen molar-refractivity contribution in [3.05, 3.63) is 45.1 Å². The number of nitrogens with one attached hydrogen (secondary N) is 1. The summed E-state index contributed by atoms with van der Waals surface area (Å²) in [6.45, 7) is 6.33. The quantitative estimate of drug-likeness (QED) is 0.928. The monoisotopic (exact) mass is 275 g/mol. The zero-order chi connectivity index (χ0) is 13.2. The Kier molecular flexibility index (Phi) is 3.44. The summed E-state index contributed by atoms with van der Waals surface area (Å²) >= 11 is 1.85. The highest BCUT2D eigenvalue weighted by Gasteiger charge is 2.16. The van der Waals surface area contributed by atoms with Crippen LogP contribution in [0.1, 0.15) is 20.9 Å². The van der Waals surface area contributed by atoms with Gasteiger partial charge in [-0.15, -0.1) is 11.3 Å². The van der Waals surface area contributed by atoms with Gasteiger partial charge in [-0.25, -0.2) is 0 Å². The molecule has 0 amide bonds. The van der Waals surface area contributed by atoms with Gasteiger partial charge in [0.25, 0.3) is 0 Å². The Hall–Kier alpha value is -1.52. The van der Waals surface area contributed by atoms with Crippen LogP contribution in [0.25, 0.3) is 0 Å². The van der Waals surface area contributed by atoms with Gasteiger partial charge in [0, 0.05) is 28.4 Å². The van der Waals surface area contributed by atoms with Crippen LogP contribution in [0.15, 0.2) is 24.3 Å². The first kappa shape index (κ1) is 12.5. The van der Waals surface area contributed by atoms with Crippen molar-refractivity contribution in [1.82, 2.24) is 5.32 Å². The van der Waals surface area contributed by atoms with E-state index >= 15 is 0 Å². The van der Waals surface area contributed by atoms with Crippen molar-refractivity contribution in [2.45, 2.75) is 26.9 Å². The predicted octanol–water partition coefficient (Wildman–Crippen LogP) is 3.38. The van der Waals surface area contributed by atoms with Crippen LogP contribution in [0.4, 0.5) is 0 Å². The fraction of sp³-hybridized carbons (Fsp3) is 0.333. The lowest BCUT2D eigenvalue weighted by atomic mass is 10.2. The second-order valence-electron chi connectivity index (χ2n) is 4.69. The van der Waals surface area contributed by atoms with E-state index < -0.39 is 0 Å². The van der Waals surface area contributed by atoms with Crippen molar-refractivity contribution in [3.8, 4) is 11.5 Å². The first-order valence-electron chi connectivity index (χ1n) is 6.38. The van der Waals surface area contributed by atoms with E-state index in [9.17, 15) is 0 Å². The number of benzene rings is 1. The van der Waals surface area contributed by atoms with Crippen molar-refractivity contribution in [2.24, 2.45) is 0 Å². The molecule has 0 radical (unpaired) electrons. The van der Waals surface area contributed by atoms with Crippen molar-refractivity contribution in [2.75, 3.05) is 6.79 Å². The molecule has 19 heavy (non-hydrogen) atoms. The maximum Gasteiger partial charge on any atom is 0.231 e. The molecule has 1 aromatic carbocycles. The average Bonchev–Trinajstić information content (AvgIpc) is 2.97. The molecular formula is C15H17NO2S. The van der Waals surface area contributed by atoms with Gasteiger partial charge < -0.3 is 14.8 Å². The molecule has 2 aromatic rings. The van der Waals surface area contributed by atoms with Crippen LogP contribution in [0.5, 0.6) is 11.5 Å². The van der Waals surface area contributed by atoms with Crippen LogP contribution in [0, 0.1) is 13.8 Å². The fourth-order valence-corrected chi connectivity index (χ4v) is 3.27. The molecule has 1 aliphatic heterocycles. The van der Waals surface area contributed by atoms with Crippen LogP contribution in [0.2, 0.25) is 0 Å². The smallest absolute Gasteiger partial charge is 0.231 e. The summed E-state index contributed by atoms with van der Waals surface area (Å²) in [5, 5.41) is 3.47. The van der Waals surface area contributed by atoms with Crippen LogP contribution in [-0.4, -0.2) is 6.79 Å². The normalized spacial score (nSPS) is 12.9. The standard InChI is InChI=1S/C15H17NO2S/c1-10-6-13(11(2)19-10)8-16-7-12-4-3-5-14-15(12)18-9-17-14/h3-6,16H,7-9H2,1-2H3. The molecule has 3 rings (SSSR count). The predicted molar refractivity (Wildman–Crippen MR) is 76.9 cm³/mol. The highest BCUT2D eigenvalue weighted by atomic mass is 32.1. The van der Waals surface area contributed by atoms with E-state index in [0.29, 0.717) is 6.79 Å². The molecule has 2 heterocycles. The third-order valence-corrected chi connectivity index (χ3v) is 4.26. The summed E-state index contributed by atoms with van der Waals surface area (Å²) < 4.78 is 10.9. The number of hydrogen-bond donors (Lipinski definition) is 1. The van der Waals surface area contributed by atoms with E-state index in [2.05, 4.69) is 31.3 Å². The minimum absolute atomic E-state index is 0.329. The van der Waals surface area contributed by atoms with Gasteiger partial charge in [-0.3, -0.25) is 0 Å². The van der Waals surface area contributed by atoms with Crippen LogP contribution in [-0.2, 0) is 13.1 Å². The Morgan fingerprint density at radius 3 is 2.79 bits per heavy atom. The summed E-state index contributed by atoms with van der Waals surface area (Å²) in [5.41, 5.74) is 2.53. The number of hydrogen-bond acceptors (Lipinski definition) is 4. The molecule has 0 fully saturated rings. The molecule has 0 unspecified atom stereocenters. The molecule has 100 valence electrons. The summed E-state index contributed by atoms with van der Waals surface area (Å²) in [6, 6.07) is 8.27. The van der Waals surface area contributed by atoms with Crippen LogP contribution < -0.4 is 14.8 Å². The van der Waals surface area contributed by atoms with Gasteiger partial charge >= 0.3 is 0 Å². The Labute approximate surface area is 117 Å². The first-order chi connectivity index (χ1) is 9.24. The maximum absolute atomic E-state index is 5.50. The highest BCUT2D eigenvalue weighted by molar-refractivity contribution is 7.12. The molecule has 1 aliphatic rings. The second kappa shape index (κ2) is 5.23. The Balaban J connectivity index is 1.64. The first-order valence-corrected chi connectivity index (χ1v) is 7.20. The molecule has 0 spiro atoms. The number of fused-ring (bicyclic) bond motifs is 1. The van der Waals surface area contributed by atoms with Gasteiger partial charge in [-0.1, -0.05) is 12.1 Å². The number of aryl methyl sites for hydroxylation is 2. The van der Waals surface area contributed by atoms with Gasteiger partial charge in [-0.2, -0.15) is 0 Å². The fourth-order valence-electron chi connectivity index (χ4n) is 2.32. The molecule has 0 aliphatic carbocycles. The molecule has 1 N–H and O–H groups in total. The van der Waals surface area contributed by atoms with Gasteiger partial charge in [0.15, 0.2) is 11.5 Å². The zero-order valence-corrected chi connectivity index (χ0v) is 12.0. The summed E-state index contributed by atoms with van der Waals surface area (Å²) in [5.74, 6) is 1.73. The largest absolute Gasteiger partial charge is 0.454 e. The van der Waals surface area contributed by atoms with Crippen LogP contribution >= 0.6 is 11.3 Å². The van der Waals surface area contributed by atoms with Gasteiger partial charge in [0.2, 0.25) is 6.79 Å². The molecular weight excluding hydrogens is 258 g/mol. The third kappa shape index (κ3) is 2.60. The summed E-state index contributed by atoms with van der Waals surface area (Å²) in [4.78, 5) is 2.76. The molecule has 3 nitrogen and oxygen atoms in total. The summed E-state index contributed by atoms with van der Waals surface area (Å²) in [7, 11) is 0. The van der Waals surface area contributed by atoms with E-state index in [-0.39, 0.29) is 0 Å². The highest BCUT2D eigenvalue weighted by Crippen LogP contribution is 2.35. The molecule has 0 bridgehead atoms.